The highest BCUT2D eigenvalue weighted by Gasteiger charge is 2.31. The average Bonchev–Trinajstić information content (AvgIpc) is 3.58. The highest BCUT2D eigenvalue weighted by molar-refractivity contribution is 5.83. The Bertz CT molecular complexity index is 1440. The molecule has 1 saturated carbocycles. The van der Waals surface area contributed by atoms with Crippen LogP contribution in [0.4, 0.5) is 13.2 Å². The molecule has 0 radical (unpaired) electrons. The van der Waals surface area contributed by atoms with Crippen molar-refractivity contribution in [3.63, 3.8) is 0 Å². The number of halogens is 3. The van der Waals surface area contributed by atoms with E-state index in [2.05, 4.69) is 15.5 Å². The number of hydrogen-bond donors (Lipinski definition) is 1. The molecule has 0 aliphatic heterocycles. The van der Waals surface area contributed by atoms with Gasteiger partial charge in [-0.15, -0.1) is 0 Å². The largest absolute Gasteiger partial charge is 0.416 e. The van der Waals surface area contributed by atoms with Crippen molar-refractivity contribution in [3.05, 3.63) is 88.0 Å². The summed E-state index contributed by atoms with van der Waals surface area (Å²) in [7, 11) is 0. The van der Waals surface area contributed by atoms with Crippen LogP contribution >= 0.6 is 0 Å². The number of carbonyl (C=O) groups excluding carboxylic acids is 1. The highest BCUT2D eigenvalue weighted by Crippen LogP contribution is 2.41. The molecule has 0 bridgehead atoms. The van der Waals surface area contributed by atoms with Crippen LogP contribution in [0.3, 0.4) is 0 Å². The molecule has 0 spiro atoms. The Hall–Kier alpha value is -3.95. The standard InChI is InChI=1S/C25H22F3N5O2/c1-15(16-9-11-18(12-10-16)25(26,27)28)30-21(34)14-32-24(35)23-20(22(31-32)17-7-8-17)13-29-33(23)19-5-3-2-4-6-19/h2-6,9-13,15,17H,7-8,14H2,1H3,(H,30,34). The Morgan fingerprint density at radius 1 is 1.11 bits per heavy atom. The predicted molar refractivity (Wildman–Crippen MR) is 123 cm³/mol. The molecule has 35 heavy (non-hydrogen) atoms. The lowest BCUT2D eigenvalue weighted by Crippen LogP contribution is -2.36. The molecule has 1 unspecified atom stereocenters. The van der Waals surface area contributed by atoms with Crippen LogP contribution in [0.15, 0.2) is 65.6 Å². The first kappa shape index (κ1) is 22.8. The number of hydrogen-bond acceptors (Lipinski definition) is 4. The molecule has 7 nitrogen and oxygen atoms in total. The average molecular weight is 481 g/mol. The molecular formula is C25H22F3N5O2. The molecule has 1 atom stereocenters. The minimum absolute atomic E-state index is 0.215. The van der Waals surface area contributed by atoms with Gasteiger partial charge in [-0.1, -0.05) is 30.3 Å². The SMILES string of the molecule is CC(NC(=O)Cn1nc(C2CC2)c2cnn(-c3ccccc3)c2c1=O)c1ccc(C(F)(F)F)cc1. The van der Waals surface area contributed by atoms with E-state index in [4.69, 9.17) is 0 Å². The van der Waals surface area contributed by atoms with E-state index >= 15 is 0 Å². The van der Waals surface area contributed by atoms with Gasteiger partial charge in [-0.3, -0.25) is 9.59 Å². The fourth-order valence-electron chi connectivity index (χ4n) is 4.09. The Kier molecular flexibility index (Phi) is 5.66. The second-order valence-electron chi connectivity index (χ2n) is 8.69. The van der Waals surface area contributed by atoms with Gasteiger partial charge in [0.05, 0.1) is 29.2 Å². The number of alkyl halides is 3. The van der Waals surface area contributed by atoms with Crippen molar-refractivity contribution in [2.75, 3.05) is 0 Å². The number of para-hydroxylation sites is 1. The first-order valence-electron chi connectivity index (χ1n) is 11.2. The Labute approximate surface area is 198 Å². The topological polar surface area (TPSA) is 81.8 Å². The molecule has 4 aromatic rings. The van der Waals surface area contributed by atoms with E-state index in [1.54, 1.807) is 17.8 Å². The Morgan fingerprint density at radius 3 is 2.43 bits per heavy atom. The first-order chi connectivity index (χ1) is 16.7. The summed E-state index contributed by atoms with van der Waals surface area (Å²) in [5.41, 5.74) is 1.14. The summed E-state index contributed by atoms with van der Waals surface area (Å²) in [6.07, 6.45) is -0.883. The van der Waals surface area contributed by atoms with E-state index in [1.807, 2.05) is 30.3 Å². The van der Waals surface area contributed by atoms with Gasteiger partial charge in [-0.2, -0.15) is 23.4 Å². The summed E-state index contributed by atoms with van der Waals surface area (Å²) >= 11 is 0. The summed E-state index contributed by atoms with van der Waals surface area (Å²) in [6.45, 7) is 1.35. The quantitative estimate of drug-likeness (QED) is 0.444. The molecule has 180 valence electrons. The maximum Gasteiger partial charge on any atom is 0.416 e. The molecule has 2 aromatic heterocycles. The van der Waals surface area contributed by atoms with Crippen molar-refractivity contribution >= 4 is 16.8 Å². The number of nitrogens with zero attached hydrogens (tertiary/aromatic N) is 4. The lowest BCUT2D eigenvalue weighted by molar-refractivity contribution is -0.137. The number of aromatic nitrogens is 4. The number of carbonyl (C=O) groups is 1. The second kappa shape index (κ2) is 8.68. The van der Waals surface area contributed by atoms with Crippen LogP contribution in [0.1, 0.15) is 48.5 Å². The van der Waals surface area contributed by atoms with Gasteiger partial charge >= 0.3 is 6.18 Å². The van der Waals surface area contributed by atoms with E-state index < -0.39 is 29.2 Å². The number of fused-ring (bicyclic) bond motifs is 1. The first-order valence-corrected chi connectivity index (χ1v) is 11.2. The van der Waals surface area contributed by atoms with Crippen molar-refractivity contribution in [2.24, 2.45) is 0 Å². The maximum atomic E-state index is 13.4. The van der Waals surface area contributed by atoms with Crippen LogP contribution in [0.2, 0.25) is 0 Å². The van der Waals surface area contributed by atoms with Gasteiger partial charge in [0.2, 0.25) is 5.91 Å². The van der Waals surface area contributed by atoms with Crippen LogP contribution in [0.25, 0.3) is 16.6 Å². The molecule has 1 N–H and O–H groups in total. The predicted octanol–water partition coefficient (Wildman–Crippen LogP) is 4.36. The molecule has 1 fully saturated rings. The van der Waals surface area contributed by atoms with Gasteiger partial charge in [0, 0.05) is 11.3 Å². The number of nitrogens with one attached hydrogen (secondary N) is 1. The lowest BCUT2D eigenvalue weighted by Gasteiger charge is -2.16. The minimum Gasteiger partial charge on any atom is -0.348 e. The fraction of sp³-hybridized carbons (Fsp3) is 0.280. The number of benzene rings is 2. The summed E-state index contributed by atoms with van der Waals surface area (Å²) in [5.74, 6) is -0.259. The molecule has 2 aromatic carbocycles. The summed E-state index contributed by atoms with van der Waals surface area (Å²) in [4.78, 5) is 26.1. The van der Waals surface area contributed by atoms with Crippen molar-refractivity contribution in [3.8, 4) is 5.69 Å². The van der Waals surface area contributed by atoms with Gasteiger partial charge in [0.1, 0.15) is 12.1 Å². The van der Waals surface area contributed by atoms with E-state index in [9.17, 15) is 22.8 Å². The Balaban J connectivity index is 1.42. The summed E-state index contributed by atoms with van der Waals surface area (Å²) in [6, 6.07) is 13.3. The third kappa shape index (κ3) is 4.55. The normalized spacial score (nSPS) is 14.7. The third-order valence-corrected chi connectivity index (χ3v) is 6.08. The monoisotopic (exact) mass is 481 g/mol. The van der Waals surface area contributed by atoms with E-state index in [1.165, 1.54) is 12.1 Å². The maximum absolute atomic E-state index is 13.4. The molecule has 0 saturated heterocycles. The zero-order valence-corrected chi connectivity index (χ0v) is 18.8. The smallest absolute Gasteiger partial charge is 0.348 e. The van der Waals surface area contributed by atoms with Crippen molar-refractivity contribution in [2.45, 2.75) is 44.4 Å². The number of rotatable bonds is 6. The molecule has 10 heteroatoms. The molecule has 2 heterocycles. The van der Waals surface area contributed by atoms with Crippen LogP contribution in [-0.2, 0) is 17.5 Å². The van der Waals surface area contributed by atoms with E-state index in [0.717, 1.165) is 41.0 Å². The van der Waals surface area contributed by atoms with Crippen LogP contribution < -0.4 is 10.9 Å². The minimum atomic E-state index is -4.43. The van der Waals surface area contributed by atoms with Crippen LogP contribution in [0.5, 0.6) is 0 Å². The van der Waals surface area contributed by atoms with Gasteiger partial charge < -0.3 is 5.32 Å². The van der Waals surface area contributed by atoms with Gasteiger partial charge in [-0.05, 0) is 49.6 Å². The highest BCUT2D eigenvalue weighted by atomic mass is 19.4. The third-order valence-electron chi connectivity index (χ3n) is 6.08. The van der Waals surface area contributed by atoms with Gasteiger partial charge in [-0.25, -0.2) is 9.36 Å². The molecule has 1 amide bonds. The molecule has 1 aliphatic carbocycles. The lowest BCUT2D eigenvalue weighted by atomic mass is 10.1. The number of amides is 1. The van der Waals surface area contributed by atoms with E-state index in [0.29, 0.717) is 16.5 Å². The van der Waals surface area contributed by atoms with E-state index in [-0.39, 0.29) is 12.5 Å². The zero-order chi connectivity index (χ0) is 24.7. The molecule has 5 rings (SSSR count). The van der Waals surface area contributed by atoms with Gasteiger partial charge in [0.15, 0.2) is 0 Å². The van der Waals surface area contributed by atoms with Crippen LogP contribution in [-0.4, -0.2) is 25.5 Å². The van der Waals surface area contributed by atoms with Gasteiger partial charge in [0.25, 0.3) is 5.56 Å². The zero-order valence-electron chi connectivity index (χ0n) is 18.8. The van der Waals surface area contributed by atoms with Crippen molar-refractivity contribution < 1.29 is 18.0 Å². The fourth-order valence-corrected chi connectivity index (χ4v) is 4.09. The van der Waals surface area contributed by atoms with Crippen LogP contribution in [0, 0.1) is 0 Å². The second-order valence-corrected chi connectivity index (χ2v) is 8.69. The summed E-state index contributed by atoms with van der Waals surface area (Å²) < 4.78 is 41.1. The Morgan fingerprint density at radius 2 is 1.80 bits per heavy atom. The molecule has 1 aliphatic rings. The van der Waals surface area contributed by atoms with Crippen molar-refractivity contribution in [1.29, 1.82) is 0 Å². The van der Waals surface area contributed by atoms with Crippen molar-refractivity contribution in [1.82, 2.24) is 24.9 Å². The summed E-state index contributed by atoms with van der Waals surface area (Å²) in [5, 5.41) is 12.3. The molecular weight excluding hydrogens is 459 g/mol.